The lowest BCUT2D eigenvalue weighted by molar-refractivity contribution is -0.385. The van der Waals surface area contributed by atoms with Crippen molar-refractivity contribution in [2.45, 2.75) is 13.3 Å². The van der Waals surface area contributed by atoms with Crippen molar-refractivity contribution in [2.75, 3.05) is 13.7 Å². The SMILES string of the molecule is CCOc1ccc(/C=N\NC(=O)Cc2ccc(OC)cc2)cc1[N+](=O)[O-]. The number of amides is 1. The van der Waals surface area contributed by atoms with Crippen molar-refractivity contribution in [3.8, 4) is 11.5 Å². The minimum atomic E-state index is -0.523. The number of hydrogen-bond acceptors (Lipinski definition) is 6. The Morgan fingerprint density at radius 3 is 2.62 bits per heavy atom. The molecule has 136 valence electrons. The zero-order valence-electron chi connectivity index (χ0n) is 14.5. The number of hydrazone groups is 1. The summed E-state index contributed by atoms with van der Waals surface area (Å²) in [5.41, 5.74) is 3.53. The van der Waals surface area contributed by atoms with Crippen LogP contribution in [0.25, 0.3) is 0 Å². The normalized spacial score (nSPS) is 10.5. The Bertz CT molecular complexity index is 803. The average molecular weight is 357 g/mol. The number of hydrogen-bond donors (Lipinski definition) is 1. The molecule has 0 bridgehead atoms. The fourth-order valence-electron chi connectivity index (χ4n) is 2.18. The van der Waals surface area contributed by atoms with Gasteiger partial charge in [0.25, 0.3) is 0 Å². The molecule has 2 aromatic carbocycles. The topological polar surface area (TPSA) is 103 Å². The summed E-state index contributed by atoms with van der Waals surface area (Å²) in [4.78, 5) is 22.4. The van der Waals surface area contributed by atoms with E-state index in [9.17, 15) is 14.9 Å². The van der Waals surface area contributed by atoms with Crippen LogP contribution in [0.2, 0.25) is 0 Å². The summed E-state index contributed by atoms with van der Waals surface area (Å²) < 4.78 is 10.3. The average Bonchev–Trinajstić information content (AvgIpc) is 2.63. The standard InChI is InChI=1S/C18H19N3O5/c1-3-26-17-9-6-14(10-16(17)21(23)24)12-19-20-18(22)11-13-4-7-15(25-2)8-5-13/h4-10,12H,3,11H2,1-2H3,(H,20,22)/b19-12-. The Hall–Kier alpha value is -3.42. The molecule has 2 aromatic rings. The molecule has 1 N–H and O–H groups in total. The molecule has 0 heterocycles. The van der Waals surface area contributed by atoms with E-state index in [-0.39, 0.29) is 23.8 Å². The highest BCUT2D eigenvalue weighted by Gasteiger charge is 2.15. The summed E-state index contributed by atoms with van der Waals surface area (Å²) in [6, 6.07) is 11.6. The van der Waals surface area contributed by atoms with Crippen molar-refractivity contribution in [2.24, 2.45) is 5.10 Å². The Morgan fingerprint density at radius 1 is 1.27 bits per heavy atom. The second-order valence-corrected chi connectivity index (χ2v) is 5.24. The minimum absolute atomic E-state index is 0.152. The Labute approximate surface area is 150 Å². The quantitative estimate of drug-likeness (QED) is 0.444. The molecule has 0 atom stereocenters. The molecule has 0 saturated heterocycles. The van der Waals surface area contributed by atoms with Gasteiger partial charge in [0.2, 0.25) is 5.91 Å². The van der Waals surface area contributed by atoms with Crippen LogP contribution < -0.4 is 14.9 Å². The molecule has 0 aromatic heterocycles. The van der Waals surface area contributed by atoms with Crippen LogP contribution >= 0.6 is 0 Å². The van der Waals surface area contributed by atoms with Gasteiger partial charge in [-0.2, -0.15) is 5.10 Å². The van der Waals surface area contributed by atoms with E-state index in [1.165, 1.54) is 18.3 Å². The first kappa shape index (κ1) is 18.9. The zero-order chi connectivity index (χ0) is 18.9. The molecule has 26 heavy (non-hydrogen) atoms. The second kappa shape index (κ2) is 9.16. The van der Waals surface area contributed by atoms with Crippen molar-refractivity contribution in [1.29, 1.82) is 0 Å². The number of nitrogens with zero attached hydrogens (tertiary/aromatic N) is 2. The first-order valence-corrected chi connectivity index (χ1v) is 7.89. The fourth-order valence-corrected chi connectivity index (χ4v) is 2.18. The lowest BCUT2D eigenvalue weighted by atomic mass is 10.1. The number of nitro groups is 1. The molecule has 0 fully saturated rings. The van der Waals surface area contributed by atoms with Crippen molar-refractivity contribution >= 4 is 17.8 Å². The van der Waals surface area contributed by atoms with Gasteiger partial charge >= 0.3 is 5.69 Å². The Morgan fingerprint density at radius 2 is 2.00 bits per heavy atom. The predicted molar refractivity (Wildman–Crippen MR) is 96.7 cm³/mol. The lowest BCUT2D eigenvalue weighted by Gasteiger charge is -2.04. The lowest BCUT2D eigenvalue weighted by Crippen LogP contribution is -2.19. The van der Waals surface area contributed by atoms with Gasteiger partial charge in [0.05, 0.1) is 31.3 Å². The molecule has 0 unspecified atom stereocenters. The number of nitro benzene ring substituents is 1. The summed E-state index contributed by atoms with van der Waals surface area (Å²) in [7, 11) is 1.57. The van der Waals surface area contributed by atoms with Gasteiger partial charge in [-0.1, -0.05) is 12.1 Å². The first-order valence-electron chi connectivity index (χ1n) is 7.89. The van der Waals surface area contributed by atoms with Crippen molar-refractivity contribution in [3.63, 3.8) is 0 Å². The summed E-state index contributed by atoms with van der Waals surface area (Å²) in [5, 5.41) is 14.9. The highest BCUT2D eigenvalue weighted by Crippen LogP contribution is 2.27. The maximum Gasteiger partial charge on any atom is 0.311 e. The van der Waals surface area contributed by atoms with E-state index in [0.717, 1.165) is 5.56 Å². The van der Waals surface area contributed by atoms with Gasteiger partial charge in [-0.25, -0.2) is 5.43 Å². The van der Waals surface area contributed by atoms with Crippen LogP contribution in [-0.4, -0.2) is 30.8 Å². The number of rotatable bonds is 8. The molecule has 0 saturated carbocycles. The molecule has 2 rings (SSSR count). The van der Waals surface area contributed by atoms with Gasteiger partial charge in [-0.3, -0.25) is 14.9 Å². The second-order valence-electron chi connectivity index (χ2n) is 5.24. The summed E-state index contributed by atoms with van der Waals surface area (Å²) in [6.45, 7) is 2.08. The fraction of sp³-hybridized carbons (Fsp3) is 0.222. The highest BCUT2D eigenvalue weighted by molar-refractivity contribution is 5.84. The molecular weight excluding hydrogens is 338 g/mol. The maximum atomic E-state index is 11.9. The maximum absolute atomic E-state index is 11.9. The number of carbonyl (C=O) groups is 1. The smallest absolute Gasteiger partial charge is 0.311 e. The van der Waals surface area contributed by atoms with Crippen LogP contribution in [0.15, 0.2) is 47.6 Å². The predicted octanol–water partition coefficient (Wildman–Crippen LogP) is 2.69. The summed E-state index contributed by atoms with van der Waals surface area (Å²) in [6.07, 6.45) is 1.50. The molecule has 0 aliphatic rings. The third-order valence-electron chi connectivity index (χ3n) is 3.41. The highest BCUT2D eigenvalue weighted by atomic mass is 16.6. The van der Waals surface area contributed by atoms with E-state index in [1.807, 2.05) is 0 Å². The molecular formula is C18H19N3O5. The molecule has 1 amide bonds. The van der Waals surface area contributed by atoms with Gasteiger partial charge in [0.15, 0.2) is 5.75 Å². The molecule has 8 heteroatoms. The monoisotopic (exact) mass is 357 g/mol. The minimum Gasteiger partial charge on any atom is -0.497 e. The molecule has 0 aliphatic heterocycles. The number of benzene rings is 2. The van der Waals surface area contributed by atoms with Crippen LogP contribution in [0.5, 0.6) is 11.5 Å². The van der Waals surface area contributed by atoms with E-state index in [1.54, 1.807) is 44.4 Å². The van der Waals surface area contributed by atoms with E-state index < -0.39 is 4.92 Å². The van der Waals surface area contributed by atoms with Crippen LogP contribution in [0, 0.1) is 10.1 Å². The third-order valence-corrected chi connectivity index (χ3v) is 3.41. The van der Waals surface area contributed by atoms with Crippen LogP contribution in [0.1, 0.15) is 18.1 Å². The van der Waals surface area contributed by atoms with E-state index in [0.29, 0.717) is 17.9 Å². The number of carbonyl (C=O) groups excluding carboxylic acids is 1. The van der Waals surface area contributed by atoms with Gasteiger partial charge in [0, 0.05) is 11.6 Å². The zero-order valence-corrected chi connectivity index (χ0v) is 14.5. The van der Waals surface area contributed by atoms with Crippen molar-refractivity contribution in [1.82, 2.24) is 5.43 Å². The number of nitrogens with one attached hydrogen (secondary N) is 1. The van der Waals surface area contributed by atoms with Gasteiger partial charge in [-0.15, -0.1) is 0 Å². The van der Waals surface area contributed by atoms with Crippen molar-refractivity contribution < 1.29 is 19.2 Å². The largest absolute Gasteiger partial charge is 0.497 e. The Balaban J connectivity index is 1.97. The van der Waals surface area contributed by atoms with Gasteiger partial charge < -0.3 is 9.47 Å². The first-order chi connectivity index (χ1) is 12.5. The Kier molecular flexibility index (Phi) is 6.67. The third kappa shape index (κ3) is 5.30. The molecule has 0 spiro atoms. The molecule has 0 aliphatic carbocycles. The van der Waals surface area contributed by atoms with Crippen LogP contribution in [-0.2, 0) is 11.2 Å². The van der Waals surface area contributed by atoms with E-state index in [2.05, 4.69) is 10.5 Å². The van der Waals surface area contributed by atoms with E-state index >= 15 is 0 Å². The van der Waals surface area contributed by atoms with E-state index in [4.69, 9.17) is 9.47 Å². The number of methoxy groups -OCH3 is 1. The van der Waals surface area contributed by atoms with Crippen LogP contribution in [0.4, 0.5) is 5.69 Å². The van der Waals surface area contributed by atoms with Crippen LogP contribution in [0.3, 0.4) is 0 Å². The van der Waals surface area contributed by atoms with Gasteiger partial charge in [0.1, 0.15) is 5.75 Å². The summed E-state index contributed by atoms with van der Waals surface area (Å²) >= 11 is 0. The van der Waals surface area contributed by atoms with Gasteiger partial charge in [-0.05, 0) is 36.8 Å². The number of ether oxygens (including phenoxy) is 2. The molecule has 8 nitrogen and oxygen atoms in total. The molecule has 0 radical (unpaired) electrons. The summed E-state index contributed by atoms with van der Waals surface area (Å²) in [5.74, 6) is 0.606. The van der Waals surface area contributed by atoms with Crippen molar-refractivity contribution in [3.05, 3.63) is 63.7 Å².